The number of rotatable bonds is 3. The summed E-state index contributed by atoms with van der Waals surface area (Å²) < 4.78 is 12.2. The normalized spacial score (nSPS) is 10.9. The van der Waals surface area contributed by atoms with Crippen LogP contribution in [-0.2, 0) is 6.42 Å². The number of halogens is 2. The summed E-state index contributed by atoms with van der Waals surface area (Å²) in [7, 11) is 0. The molecule has 2 N–H and O–H groups in total. The van der Waals surface area contributed by atoms with Crippen LogP contribution in [0.2, 0.25) is 5.02 Å². The maximum atomic E-state index is 12.2. The molecule has 0 aliphatic rings. The zero-order chi connectivity index (χ0) is 11.7. The Bertz CT molecular complexity index is 550. The second-order valence-corrected chi connectivity index (χ2v) is 3.87. The van der Waals surface area contributed by atoms with Gasteiger partial charge in [-0.05, 0) is 23.8 Å². The highest BCUT2D eigenvalue weighted by Crippen LogP contribution is 2.25. The van der Waals surface area contributed by atoms with Gasteiger partial charge >= 0.3 is 5.97 Å². The minimum Gasteiger partial charge on any atom is -0.477 e. The van der Waals surface area contributed by atoms with Crippen molar-refractivity contribution in [3.05, 3.63) is 34.5 Å². The second-order valence-electron chi connectivity index (χ2n) is 3.46. The van der Waals surface area contributed by atoms with Gasteiger partial charge in [0.15, 0.2) is 0 Å². The van der Waals surface area contributed by atoms with E-state index in [1.54, 1.807) is 12.1 Å². The van der Waals surface area contributed by atoms with E-state index in [-0.39, 0.29) is 12.1 Å². The number of carboxylic acids is 1. The molecule has 0 radical (unpaired) electrons. The molecule has 0 aliphatic heterocycles. The Morgan fingerprint density at radius 3 is 2.81 bits per heavy atom. The smallest absolute Gasteiger partial charge is 0.352 e. The molecule has 84 valence electrons. The molecule has 1 aromatic heterocycles. The number of alkyl halides is 1. The van der Waals surface area contributed by atoms with Gasteiger partial charge in [0.25, 0.3) is 0 Å². The van der Waals surface area contributed by atoms with Crippen LogP contribution in [0.3, 0.4) is 0 Å². The molecule has 16 heavy (non-hydrogen) atoms. The highest BCUT2D eigenvalue weighted by molar-refractivity contribution is 6.32. The molecule has 0 atom stereocenters. The number of aromatic amines is 1. The molecule has 0 amide bonds. The van der Waals surface area contributed by atoms with Gasteiger partial charge in [0.05, 0.1) is 6.67 Å². The predicted octanol–water partition coefficient (Wildman–Crippen LogP) is 3.03. The van der Waals surface area contributed by atoms with E-state index in [9.17, 15) is 9.18 Å². The maximum absolute atomic E-state index is 12.2. The number of H-pyrrole nitrogens is 1. The highest BCUT2D eigenvalue weighted by atomic mass is 35.5. The number of benzene rings is 1. The summed E-state index contributed by atoms with van der Waals surface area (Å²) in [6.45, 7) is -0.485. The molecule has 3 nitrogen and oxygen atoms in total. The van der Waals surface area contributed by atoms with E-state index >= 15 is 0 Å². The van der Waals surface area contributed by atoms with Gasteiger partial charge in [0.2, 0.25) is 0 Å². The molecule has 0 saturated heterocycles. The Labute approximate surface area is 95.8 Å². The Morgan fingerprint density at radius 2 is 2.19 bits per heavy atom. The van der Waals surface area contributed by atoms with Crippen LogP contribution in [0, 0.1) is 0 Å². The molecule has 2 aromatic rings. The number of hydrogen-bond acceptors (Lipinski definition) is 1. The van der Waals surface area contributed by atoms with Crippen LogP contribution in [0.25, 0.3) is 10.9 Å². The van der Waals surface area contributed by atoms with Gasteiger partial charge in [0, 0.05) is 22.3 Å². The van der Waals surface area contributed by atoms with Crippen LogP contribution in [0.5, 0.6) is 0 Å². The first kappa shape index (κ1) is 11.0. The summed E-state index contributed by atoms with van der Waals surface area (Å²) in [6.07, 6.45) is 0.238. The van der Waals surface area contributed by atoms with Crippen molar-refractivity contribution in [1.82, 2.24) is 4.98 Å². The largest absolute Gasteiger partial charge is 0.477 e. The Balaban J connectivity index is 2.56. The first-order chi connectivity index (χ1) is 7.61. The number of carboxylic acid groups (broad SMARTS) is 1. The lowest BCUT2D eigenvalue weighted by molar-refractivity contribution is 0.0691. The van der Waals surface area contributed by atoms with Gasteiger partial charge in [-0.15, -0.1) is 0 Å². The van der Waals surface area contributed by atoms with Crippen molar-refractivity contribution >= 4 is 28.5 Å². The van der Waals surface area contributed by atoms with Crippen molar-refractivity contribution in [3.63, 3.8) is 0 Å². The number of nitrogens with one attached hydrogen (secondary N) is 1. The zero-order valence-electron chi connectivity index (χ0n) is 8.26. The van der Waals surface area contributed by atoms with Crippen LogP contribution >= 0.6 is 11.6 Å². The summed E-state index contributed by atoms with van der Waals surface area (Å²) in [4.78, 5) is 13.5. The van der Waals surface area contributed by atoms with E-state index in [0.717, 1.165) is 5.39 Å². The predicted molar refractivity (Wildman–Crippen MR) is 59.9 cm³/mol. The molecule has 0 bridgehead atoms. The third kappa shape index (κ3) is 1.88. The molecule has 0 spiro atoms. The fourth-order valence-corrected chi connectivity index (χ4v) is 1.87. The zero-order valence-corrected chi connectivity index (χ0v) is 9.01. The summed E-state index contributed by atoms with van der Waals surface area (Å²) in [5.41, 5.74) is 1.43. The Kier molecular flexibility index (Phi) is 2.83. The summed E-state index contributed by atoms with van der Waals surface area (Å²) >= 11 is 5.94. The monoisotopic (exact) mass is 241 g/mol. The van der Waals surface area contributed by atoms with Gasteiger partial charge in [-0.1, -0.05) is 11.6 Å². The van der Waals surface area contributed by atoms with Crippen LogP contribution in [0.4, 0.5) is 4.39 Å². The molecular formula is C11H9ClFNO2. The SMILES string of the molecule is O=C(O)c1cc2cc(CCF)c(Cl)cc2[nH]1. The topological polar surface area (TPSA) is 53.1 Å². The minimum absolute atomic E-state index is 0.100. The molecule has 0 saturated carbocycles. The average molecular weight is 242 g/mol. The average Bonchev–Trinajstić information content (AvgIpc) is 2.61. The van der Waals surface area contributed by atoms with E-state index in [0.29, 0.717) is 16.1 Å². The van der Waals surface area contributed by atoms with E-state index in [1.165, 1.54) is 6.07 Å². The standard InChI is InChI=1S/C11H9ClFNO2/c12-8-5-9-7(3-6(8)1-2-13)4-10(14-9)11(15)16/h3-5,14H,1-2H2,(H,15,16). The van der Waals surface area contributed by atoms with Crippen LogP contribution in [-0.4, -0.2) is 22.7 Å². The molecule has 0 aliphatic carbocycles. The second kappa shape index (κ2) is 4.14. The molecule has 0 unspecified atom stereocenters. The fourth-order valence-electron chi connectivity index (χ4n) is 1.61. The number of hydrogen-bond donors (Lipinski definition) is 2. The van der Waals surface area contributed by atoms with Crippen molar-refractivity contribution < 1.29 is 14.3 Å². The molecule has 2 rings (SSSR count). The number of carbonyl (C=O) groups is 1. The Morgan fingerprint density at radius 1 is 1.44 bits per heavy atom. The molecule has 1 heterocycles. The van der Waals surface area contributed by atoms with Crippen LogP contribution < -0.4 is 0 Å². The van der Waals surface area contributed by atoms with Crippen LogP contribution in [0.15, 0.2) is 18.2 Å². The highest BCUT2D eigenvalue weighted by Gasteiger charge is 2.10. The maximum Gasteiger partial charge on any atom is 0.352 e. The quantitative estimate of drug-likeness (QED) is 0.868. The van der Waals surface area contributed by atoms with Crippen molar-refractivity contribution in [2.45, 2.75) is 6.42 Å². The number of aryl methyl sites for hydroxylation is 1. The third-order valence-electron chi connectivity index (χ3n) is 2.38. The summed E-state index contributed by atoms with van der Waals surface area (Å²) in [6, 6.07) is 4.84. The Hall–Kier alpha value is -1.55. The lowest BCUT2D eigenvalue weighted by Gasteiger charge is -2.01. The van der Waals surface area contributed by atoms with Gasteiger partial charge < -0.3 is 10.1 Å². The van der Waals surface area contributed by atoms with Crippen LogP contribution in [0.1, 0.15) is 16.1 Å². The van der Waals surface area contributed by atoms with E-state index in [1.807, 2.05) is 0 Å². The summed E-state index contributed by atoms with van der Waals surface area (Å²) in [5.74, 6) is -1.03. The minimum atomic E-state index is -1.03. The molecular weight excluding hydrogens is 233 g/mol. The van der Waals surface area contributed by atoms with E-state index < -0.39 is 12.6 Å². The van der Waals surface area contributed by atoms with Gasteiger partial charge in [-0.2, -0.15) is 0 Å². The van der Waals surface area contributed by atoms with Gasteiger partial charge in [-0.25, -0.2) is 4.79 Å². The van der Waals surface area contributed by atoms with Crippen molar-refractivity contribution in [2.75, 3.05) is 6.67 Å². The van der Waals surface area contributed by atoms with Gasteiger partial charge in [0.1, 0.15) is 5.69 Å². The van der Waals surface area contributed by atoms with Crippen molar-refractivity contribution in [1.29, 1.82) is 0 Å². The third-order valence-corrected chi connectivity index (χ3v) is 2.73. The first-order valence-corrected chi connectivity index (χ1v) is 5.10. The molecule has 0 fully saturated rings. The number of aromatic nitrogens is 1. The molecule has 1 aromatic carbocycles. The van der Waals surface area contributed by atoms with E-state index in [2.05, 4.69) is 4.98 Å². The number of fused-ring (bicyclic) bond motifs is 1. The van der Waals surface area contributed by atoms with Gasteiger partial charge in [-0.3, -0.25) is 4.39 Å². The lowest BCUT2D eigenvalue weighted by atomic mass is 10.1. The van der Waals surface area contributed by atoms with Crippen molar-refractivity contribution in [3.8, 4) is 0 Å². The fraction of sp³-hybridized carbons (Fsp3) is 0.182. The van der Waals surface area contributed by atoms with Crippen molar-refractivity contribution in [2.24, 2.45) is 0 Å². The first-order valence-electron chi connectivity index (χ1n) is 4.72. The molecule has 5 heteroatoms. The lowest BCUT2D eigenvalue weighted by Crippen LogP contribution is -1.94. The number of aromatic carboxylic acids is 1. The van der Waals surface area contributed by atoms with E-state index in [4.69, 9.17) is 16.7 Å². The summed E-state index contributed by atoms with van der Waals surface area (Å²) in [5, 5.41) is 9.98.